The Kier molecular flexibility index (Phi) is 3.38. The highest BCUT2D eigenvalue weighted by molar-refractivity contribution is 7.90. The number of nitrogens with one attached hydrogen (secondary N) is 2. The Morgan fingerprint density at radius 1 is 1.28 bits per heavy atom. The maximum Gasteiger partial charge on any atom is 0.175 e. The van der Waals surface area contributed by atoms with Crippen molar-refractivity contribution in [1.29, 1.82) is 0 Å². The van der Waals surface area contributed by atoms with Crippen LogP contribution in [-0.2, 0) is 9.84 Å². The van der Waals surface area contributed by atoms with Crippen molar-refractivity contribution in [2.75, 3.05) is 11.6 Å². The molecule has 2 rings (SSSR count). The van der Waals surface area contributed by atoms with E-state index in [4.69, 9.17) is 0 Å². The number of aromatic nitrogens is 2. The molecule has 18 heavy (non-hydrogen) atoms. The highest BCUT2D eigenvalue weighted by Crippen LogP contribution is 2.19. The van der Waals surface area contributed by atoms with Gasteiger partial charge in [-0.3, -0.25) is 5.10 Å². The van der Waals surface area contributed by atoms with Gasteiger partial charge >= 0.3 is 0 Å². The molecule has 6 heteroatoms. The zero-order chi connectivity index (χ0) is 13.2. The second-order valence-electron chi connectivity index (χ2n) is 4.19. The molecule has 1 heterocycles. The fourth-order valence-corrected chi connectivity index (χ4v) is 2.26. The van der Waals surface area contributed by atoms with E-state index >= 15 is 0 Å². The van der Waals surface area contributed by atoms with Crippen LogP contribution in [-0.4, -0.2) is 24.9 Å². The van der Waals surface area contributed by atoms with E-state index in [0.717, 1.165) is 11.3 Å². The number of hydrogen-bond donors (Lipinski definition) is 2. The summed E-state index contributed by atoms with van der Waals surface area (Å²) in [5.74, 6) is 0. The second kappa shape index (κ2) is 4.81. The van der Waals surface area contributed by atoms with Gasteiger partial charge in [-0.25, -0.2) is 8.42 Å². The van der Waals surface area contributed by atoms with E-state index in [-0.39, 0.29) is 6.04 Å². The van der Waals surface area contributed by atoms with Crippen LogP contribution in [0.5, 0.6) is 0 Å². The van der Waals surface area contributed by atoms with Crippen LogP contribution >= 0.6 is 0 Å². The van der Waals surface area contributed by atoms with E-state index in [9.17, 15) is 8.42 Å². The molecule has 2 aromatic rings. The molecule has 0 bridgehead atoms. The molecule has 0 spiro atoms. The first-order chi connectivity index (χ1) is 8.47. The van der Waals surface area contributed by atoms with Crippen molar-refractivity contribution in [2.45, 2.75) is 17.9 Å². The number of benzene rings is 1. The predicted octanol–water partition coefficient (Wildman–Crippen LogP) is 1.99. The average molecular weight is 265 g/mol. The van der Waals surface area contributed by atoms with E-state index in [1.54, 1.807) is 30.5 Å². The molecule has 5 nitrogen and oxygen atoms in total. The summed E-state index contributed by atoms with van der Waals surface area (Å²) in [6, 6.07) is 6.81. The molecule has 0 aliphatic carbocycles. The molecule has 1 atom stereocenters. The van der Waals surface area contributed by atoms with Crippen molar-refractivity contribution in [3.63, 3.8) is 0 Å². The smallest absolute Gasteiger partial charge is 0.175 e. The van der Waals surface area contributed by atoms with Gasteiger partial charge in [0.05, 0.1) is 17.1 Å². The van der Waals surface area contributed by atoms with Crippen molar-refractivity contribution >= 4 is 15.5 Å². The zero-order valence-corrected chi connectivity index (χ0v) is 11.0. The van der Waals surface area contributed by atoms with Crippen molar-refractivity contribution in [3.05, 3.63) is 42.2 Å². The Morgan fingerprint density at radius 2 is 1.94 bits per heavy atom. The summed E-state index contributed by atoms with van der Waals surface area (Å²) in [7, 11) is -3.13. The van der Waals surface area contributed by atoms with Gasteiger partial charge in [0, 0.05) is 23.7 Å². The molecule has 1 aromatic heterocycles. The summed E-state index contributed by atoms with van der Waals surface area (Å²) < 4.78 is 22.6. The lowest BCUT2D eigenvalue weighted by molar-refractivity contribution is 0.602. The van der Waals surface area contributed by atoms with Crippen LogP contribution in [0, 0.1) is 0 Å². The van der Waals surface area contributed by atoms with E-state index in [0.29, 0.717) is 4.90 Å². The van der Waals surface area contributed by atoms with Gasteiger partial charge in [0.25, 0.3) is 0 Å². The first kappa shape index (κ1) is 12.6. The van der Waals surface area contributed by atoms with Gasteiger partial charge in [0.15, 0.2) is 9.84 Å². The normalized spacial score (nSPS) is 13.2. The summed E-state index contributed by atoms with van der Waals surface area (Å²) in [4.78, 5) is 0.323. The monoisotopic (exact) mass is 265 g/mol. The van der Waals surface area contributed by atoms with Gasteiger partial charge in [-0.05, 0) is 31.2 Å². The van der Waals surface area contributed by atoms with Crippen molar-refractivity contribution in [1.82, 2.24) is 10.2 Å². The quantitative estimate of drug-likeness (QED) is 0.886. The van der Waals surface area contributed by atoms with Crippen LogP contribution in [0.3, 0.4) is 0 Å². The SMILES string of the molecule is CC(Nc1ccc(S(C)(=O)=O)cc1)c1cn[nH]c1. The van der Waals surface area contributed by atoms with Crippen LogP contribution in [0.2, 0.25) is 0 Å². The zero-order valence-electron chi connectivity index (χ0n) is 10.2. The average Bonchev–Trinajstić information content (AvgIpc) is 2.82. The Labute approximate surface area is 106 Å². The number of aromatic amines is 1. The maximum absolute atomic E-state index is 11.3. The second-order valence-corrected chi connectivity index (χ2v) is 6.21. The molecule has 1 aromatic carbocycles. The van der Waals surface area contributed by atoms with Crippen molar-refractivity contribution in [2.24, 2.45) is 0 Å². The first-order valence-corrected chi connectivity index (χ1v) is 7.41. The van der Waals surface area contributed by atoms with Gasteiger partial charge in [-0.2, -0.15) is 5.10 Å². The summed E-state index contributed by atoms with van der Waals surface area (Å²) in [6.45, 7) is 2.01. The largest absolute Gasteiger partial charge is 0.378 e. The van der Waals surface area contributed by atoms with Gasteiger partial charge in [-0.15, -0.1) is 0 Å². The van der Waals surface area contributed by atoms with E-state index in [1.807, 2.05) is 13.1 Å². The van der Waals surface area contributed by atoms with E-state index in [1.165, 1.54) is 6.26 Å². The number of anilines is 1. The minimum atomic E-state index is -3.13. The lowest BCUT2D eigenvalue weighted by Crippen LogP contribution is -2.06. The van der Waals surface area contributed by atoms with E-state index < -0.39 is 9.84 Å². The highest BCUT2D eigenvalue weighted by atomic mass is 32.2. The fourth-order valence-electron chi connectivity index (χ4n) is 1.63. The van der Waals surface area contributed by atoms with Crippen LogP contribution in [0.1, 0.15) is 18.5 Å². The minimum absolute atomic E-state index is 0.104. The maximum atomic E-state index is 11.3. The van der Waals surface area contributed by atoms with Crippen LogP contribution in [0.15, 0.2) is 41.6 Å². The number of H-pyrrole nitrogens is 1. The molecule has 2 N–H and O–H groups in total. The van der Waals surface area contributed by atoms with Gasteiger partial charge < -0.3 is 5.32 Å². The fraction of sp³-hybridized carbons (Fsp3) is 0.250. The van der Waals surface area contributed by atoms with Gasteiger partial charge in [-0.1, -0.05) is 0 Å². The molecular formula is C12H15N3O2S. The molecule has 0 fully saturated rings. The third kappa shape index (κ3) is 2.89. The molecule has 0 saturated heterocycles. The topological polar surface area (TPSA) is 74.8 Å². The highest BCUT2D eigenvalue weighted by Gasteiger charge is 2.08. The number of hydrogen-bond acceptors (Lipinski definition) is 4. The molecule has 0 saturated carbocycles. The van der Waals surface area contributed by atoms with Crippen LogP contribution in [0.25, 0.3) is 0 Å². The van der Waals surface area contributed by atoms with Gasteiger partial charge in [0.1, 0.15) is 0 Å². The first-order valence-electron chi connectivity index (χ1n) is 5.52. The van der Waals surface area contributed by atoms with E-state index in [2.05, 4.69) is 15.5 Å². The summed E-state index contributed by atoms with van der Waals surface area (Å²) in [5.41, 5.74) is 1.92. The Balaban J connectivity index is 2.12. The predicted molar refractivity (Wildman–Crippen MR) is 70.2 cm³/mol. The van der Waals surface area contributed by atoms with Crippen LogP contribution in [0.4, 0.5) is 5.69 Å². The molecule has 0 aliphatic rings. The third-order valence-corrected chi connectivity index (χ3v) is 3.81. The standard InChI is InChI=1S/C12H15N3O2S/c1-9(10-7-13-14-8-10)15-11-3-5-12(6-4-11)18(2,16)17/h3-9,15H,1-2H3,(H,13,14). The Hall–Kier alpha value is -1.82. The molecule has 0 aliphatic heterocycles. The lowest BCUT2D eigenvalue weighted by atomic mass is 10.2. The molecular weight excluding hydrogens is 250 g/mol. The number of nitrogens with zero attached hydrogens (tertiary/aromatic N) is 1. The third-order valence-electron chi connectivity index (χ3n) is 2.69. The summed E-state index contributed by atoms with van der Waals surface area (Å²) in [6.07, 6.45) is 4.77. The summed E-state index contributed by atoms with van der Waals surface area (Å²) in [5, 5.41) is 9.91. The van der Waals surface area contributed by atoms with Crippen LogP contribution < -0.4 is 5.32 Å². The number of sulfone groups is 1. The minimum Gasteiger partial charge on any atom is -0.378 e. The molecule has 0 radical (unpaired) electrons. The molecule has 0 amide bonds. The Morgan fingerprint density at radius 3 is 2.44 bits per heavy atom. The van der Waals surface area contributed by atoms with Crippen molar-refractivity contribution < 1.29 is 8.42 Å². The molecule has 96 valence electrons. The lowest BCUT2D eigenvalue weighted by Gasteiger charge is -2.13. The summed E-state index contributed by atoms with van der Waals surface area (Å²) >= 11 is 0. The van der Waals surface area contributed by atoms with Gasteiger partial charge in [0.2, 0.25) is 0 Å². The number of rotatable bonds is 4. The van der Waals surface area contributed by atoms with Crippen molar-refractivity contribution in [3.8, 4) is 0 Å². The Bertz CT molecular complexity index is 603. The molecule has 1 unspecified atom stereocenters.